The minimum atomic E-state index is -5.10. The number of hydrogen-bond acceptors (Lipinski definition) is 7. The van der Waals surface area contributed by atoms with Crippen molar-refractivity contribution in [3.63, 3.8) is 0 Å². The van der Waals surface area contributed by atoms with E-state index in [1.807, 2.05) is 0 Å². The van der Waals surface area contributed by atoms with Crippen LogP contribution in [-0.4, -0.2) is 33.3 Å². The molecule has 0 spiro atoms. The van der Waals surface area contributed by atoms with Crippen molar-refractivity contribution in [1.82, 2.24) is 0 Å². The first kappa shape index (κ1) is 24.9. The Morgan fingerprint density at radius 2 is 1.61 bits per heavy atom. The summed E-state index contributed by atoms with van der Waals surface area (Å²) in [5, 5.41) is 0. The van der Waals surface area contributed by atoms with Crippen molar-refractivity contribution in [3.8, 4) is 5.75 Å². The van der Waals surface area contributed by atoms with E-state index in [0.717, 1.165) is 6.07 Å². The maximum atomic E-state index is 12.7. The minimum Gasteiger partial charge on any atom is -0.404 e. The first-order chi connectivity index (χ1) is 12.7. The predicted molar refractivity (Wildman–Crippen MR) is 95.7 cm³/mol. The van der Waals surface area contributed by atoms with Crippen LogP contribution in [0.2, 0.25) is 0 Å². The molecule has 0 heterocycles. The van der Waals surface area contributed by atoms with Gasteiger partial charge in [0.25, 0.3) is 0 Å². The number of halogens is 3. The summed E-state index contributed by atoms with van der Waals surface area (Å²) in [5.41, 5.74) is 0.0474. The van der Waals surface area contributed by atoms with Gasteiger partial charge in [-0.15, -0.1) is 13.2 Å². The van der Waals surface area contributed by atoms with Crippen molar-refractivity contribution in [2.24, 2.45) is 0 Å². The van der Waals surface area contributed by atoms with Crippen LogP contribution < -0.4 is 4.74 Å². The van der Waals surface area contributed by atoms with Crippen LogP contribution in [0.15, 0.2) is 23.1 Å². The fourth-order valence-corrected chi connectivity index (χ4v) is 5.78. The van der Waals surface area contributed by atoms with Crippen LogP contribution >= 0.6 is 7.60 Å². The highest BCUT2D eigenvalue weighted by atomic mass is 32.2. The van der Waals surface area contributed by atoms with Crippen molar-refractivity contribution in [2.45, 2.75) is 64.5 Å². The standard InChI is InChI=1S/C16H24F3O7PS/c1-6-13-8-7-9-14(24-16(17,18)19)15(13)28(21,22)23-10-27(20,25-11(2)3)26-12(4)5/h7-9,11-12H,6,10H2,1-5H3. The van der Waals surface area contributed by atoms with Crippen LogP contribution in [0.3, 0.4) is 0 Å². The largest absolute Gasteiger partial charge is 0.573 e. The Bertz CT molecular complexity index is 793. The molecule has 1 aromatic rings. The predicted octanol–water partition coefficient (Wildman–Crippen LogP) is 4.85. The molecule has 0 bridgehead atoms. The molecule has 0 aliphatic heterocycles. The molecule has 0 aliphatic rings. The van der Waals surface area contributed by atoms with Crippen molar-refractivity contribution in [3.05, 3.63) is 23.8 Å². The maximum Gasteiger partial charge on any atom is 0.573 e. The van der Waals surface area contributed by atoms with Crippen LogP contribution in [0, 0.1) is 0 Å². The van der Waals surface area contributed by atoms with E-state index in [1.165, 1.54) is 12.1 Å². The number of aryl methyl sites for hydroxylation is 1. The molecule has 0 saturated heterocycles. The summed E-state index contributed by atoms with van der Waals surface area (Å²) < 4.78 is 95.0. The summed E-state index contributed by atoms with van der Waals surface area (Å²) >= 11 is 0. The quantitative estimate of drug-likeness (QED) is 0.373. The van der Waals surface area contributed by atoms with Crippen LogP contribution in [0.4, 0.5) is 13.2 Å². The van der Waals surface area contributed by atoms with Crippen LogP contribution in [0.25, 0.3) is 0 Å². The lowest BCUT2D eigenvalue weighted by Crippen LogP contribution is -2.21. The van der Waals surface area contributed by atoms with E-state index < -0.39 is 53.3 Å². The molecule has 28 heavy (non-hydrogen) atoms. The Labute approximate surface area is 162 Å². The van der Waals surface area contributed by atoms with Gasteiger partial charge in [0.15, 0.2) is 12.1 Å². The van der Waals surface area contributed by atoms with E-state index in [9.17, 15) is 26.2 Å². The van der Waals surface area contributed by atoms with Crippen molar-refractivity contribution in [1.29, 1.82) is 0 Å². The molecule has 12 heteroatoms. The number of hydrogen-bond donors (Lipinski definition) is 0. The van der Waals surface area contributed by atoms with E-state index in [1.54, 1.807) is 34.6 Å². The van der Waals surface area contributed by atoms with Crippen molar-refractivity contribution < 1.29 is 44.1 Å². The Kier molecular flexibility index (Phi) is 8.52. The molecule has 1 rings (SSSR count). The SMILES string of the molecule is CCc1cccc(OC(F)(F)F)c1S(=O)(=O)OCP(=O)(OC(C)C)OC(C)C. The summed E-state index contributed by atoms with van der Waals surface area (Å²) in [7, 11) is -8.76. The van der Waals surface area contributed by atoms with Crippen molar-refractivity contribution >= 4 is 17.7 Å². The molecule has 7 nitrogen and oxygen atoms in total. The molecule has 0 radical (unpaired) electrons. The van der Waals surface area contributed by atoms with Gasteiger partial charge in [0.2, 0.25) is 0 Å². The molecule has 0 aliphatic carbocycles. The third-order valence-electron chi connectivity index (χ3n) is 3.03. The summed E-state index contributed by atoms with van der Waals surface area (Å²) in [6.45, 7) is 7.80. The normalized spacial score (nSPS) is 13.4. The molecule has 0 unspecified atom stereocenters. The number of alkyl halides is 3. The molecule has 0 fully saturated rings. The fraction of sp³-hybridized carbons (Fsp3) is 0.625. The van der Waals surface area contributed by atoms with Gasteiger partial charge < -0.3 is 13.8 Å². The maximum absolute atomic E-state index is 12.7. The zero-order chi connectivity index (χ0) is 21.8. The van der Waals surface area contributed by atoms with E-state index in [2.05, 4.69) is 4.74 Å². The number of rotatable bonds is 10. The van der Waals surface area contributed by atoms with Gasteiger partial charge in [-0.05, 0) is 45.7 Å². The summed E-state index contributed by atoms with van der Waals surface area (Å²) in [5.74, 6) is -0.934. The lowest BCUT2D eigenvalue weighted by atomic mass is 10.1. The molecule has 0 atom stereocenters. The van der Waals surface area contributed by atoms with Gasteiger partial charge in [-0.25, -0.2) is 0 Å². The Hall–Kier alpha value is -1.13. The second kappa shape index (κ2) is 9.58. The monoisotopic (exact) mass is 448 g/mol. The average Bonchev–Trinajstić information content (AvgIpc) is 2.49. The highest BCUT2D eigenvalue weighted by molar-refractivity contribution is 7.87. The van der Waals surface area contributed by atoms with Crippen LogP contribution in [-0.2, 0) is 34.3 Å². The van der Waals surface area contributed by atoms with Crippen LogP contribution in [0.1, 0.15) is 40.2 Å². The lowest BCUT2D eigenvalue weighted by molar-refractivity contribution is -0.275. The highest BCUT2D eigenvalue weighted by Gasteiger charge is 2.37. The van der Waals surface area contributed by atoms with E-state index in [4.69, 9.17) is 13.2 Å². The highest BCUT2D eigenvalue weighted by Crippen LogP contribution is 2.51. The number of ether oxygens (including phenoxy) is 1. The van der Waals surface area contributed by atoms with Gasteiger partial charge >= 0.3 is 24.1 Å². The van der Waals surface area contributed by atoms with E-state index in [0.29, 0.717) is 0 Å². The minimum absolute atomic E-state index is 0.0474. The average molecular weight is 448 g/mol. The van der Waals surface area contributed by atoms with E-state index in [-0.39, 0.29) is 12.0 Å². The Balaban J connectivity index is 3.27. The first-order valence-electron chi connectivity index (χ1n) is 8.42. The summed E-state index contributed by atoms with van der Waals surface area (Å²) in [6.07, 6.45) is -7.14. The topological polar surface area (TPSA) is 88.1 Å². The molecule has 0 saturated carbocycles. The fourth-order valence-electron chi connectivity index (χ4n) is 2.25. The molecular weight excluding hydrogens is 424 g/mol. The zero-order valence-electron chi connectivity index (χ0n) is 16.1. The van der Waals surface area contributed by atoms with Gasteiger partial charge in [-0.1, -0.05) is 19.1 Å². The van der Waals surface area contributed by atoms with Gasteiger partial charge in [0.1, 0.15) is 4.90 Å². The molecule has 0 N–H and O–H groups in total. The molecular formula is C16H24F3O7PS. The summed E-state index contributed by atoms with van der Waals surface area (Å²) in [6, 6.07) is 3.42. The second-order valence-corrected chi connectivity index (χ2v) is 9.72. The summed E-state index contributed by atoms with van der Waals surface area (Å²) in [4.78, 5) is -0.782. The third kappa shape index (κ3) is 7.71. The molecule has 162 valence electrons. The van der Waals surface area contributed by atoms with Crippen molar-refractivity contribution in [2.75, 3.05) is 6.35 Å². The molecule has 0 amide bonds. The zero-order valence-corrected chi connectivity index (χ0v) is 17.9. The lowest BCUT2D eigenvalue weighted by Gasteiger charge is -2.23. The third-order valence-corrected chi connectivity index (χ3v) is 6.52. The van der Waals surface area contributed by atoms with Crippen LogP contribution in [0.5, 0.6) is 5.75 Å². The Morgan fingerprint density at radius 1 is 1.07 bits per heavy atom. The molecule has 1 aromatic carbocycles. The van der Waals surface area contributed by atoms with Gasteiger partial charge in [0, 0.05) is 0 Å². The first-order valence-corrected chi connectivity index (χ1v) is 11.6. The van der Waals surface area contributed by atoms with Gasteiger partial charge in [-0.3, -0.25) is 8.75 Å². The smallest absolute Gasteiger partial charge is 0.404 e. The Morgan fingerprint density at radius 3 is 2.04 bits per heavy atom. The van der Waals surface area contributed by atoms with Gasteiger partial charge in [0.05, 0.1) is 12.2 Å². The second-order valence-electron chi connectivity index (χ2n) is 6.27. The van der Waals surface area contributed by atoms with E-state index >= 15 is 0 Å². The number of benzene rings is 1. The molecule has 0 aromatic heterocycles. The van der Waals surface area contributed by atoms with Gasteiger partial charge in [-0.2, -0.15) is 8.42 Å².